The predicted octanol–water partition coefficient (Wildman–Crippen LogP) is 4.03. The fourth-order valence-electron chi connectivity index (χ4n) is 3.34. The first-order chi connectivity index (χ1) is 9.74. The van der Waals surface area contributed by atoms with E-state index in [0.717, 1.165) is 17.4 Å². The summed E-state index contributed by atoms with van der Waals surface area (Å²) in [5.74, 6) is 2.52. The molecule has 1 heterocycles. The summed E-state index contributed by atoms with van der Waals surface area (Å²) in [5, 5.41) is 3.82. The molecule has 2 aliphatic rings. The van der Waals surface area contributed by atoms with E-state index in [0.29, 0.717) is 18.9 Å². The molecule has 1 saturated carbocycles. The molecule has 110 valence electrons. The Balaban J connectivity index is 1.67. The zero-order valence-corrected chi connectivity index (χ0v) is 12.5. The SMILES string of the molecule is CC(NC1CCCCCC1C)c1ccc2c(c1)OCO2. The monoisotopic (exact) mass is 275 g/mol. The molecule has 3 unspecified atom stereocenters. The van der Waals surface area contributed by atoms with Crippen LogP contribution < -0.4 is 14.8 Å². The third-order valence-electron chi connectivity index (χ3n) is 4.72. The summed E-state index contributed by atoms with van der Waals surface area (Å²) < 4.78 is 10.8. The quantitative estimate of drug-likeness (QED) is 0.845. The molecule has 1 aliphatic carbocycles. The molecule has 3 atom stereocenters. The second kappa shape index (κ2) is 6.04. The standard InChI is InChI=1S/C17H25NO2/c1-12-6-4-3-5-7-15(12)18-13(2)14-8-9-16-17(10-14)20-11-19-16/h8-10,12-13,15,18H,3-7,11H2,1-2H3. The Labute approximate surface area is 121 Å². The maximum absolute atomic E-state index is 5.47. The van der Waals surface area contributed by atoms with Gasteiger partial charge in [0.15, 0.2) is 11.5 Å². The average Bonchev–Trinajstić information content (AvgIpc) is 2.83. The molecular formula is C17H25NO2. The summed E-state index contributed by atoms with van der Waals surface area (Å²) in [6.45, 7) is 4.98. The van der Waals surface area contributed by atoms with Gasteiger partial charge in [0.2, 0.25) is 6.79 Å². The molecule has 0 saturated heterocycles. The molecule has 1 N–H and O–H groups in total. The summed E-state index contributed by atoms with van der Waals surface area (Å²) in [4.78, 5) is 0. The molecule has 20 heavy (non-hydrogen) atoms. The van der Waals surface area contributed by atoms with Crippen molar-refractivity contribution in [3.8, 4) is 11.5 Å². The lowest BCUT2D eigenvalue weighted by Crippen LogP contribution is -2.36. The molecule has 1 fully saturated rings. The van der Waals surface area contributed by atoms with Gasteiger partial charge in [-0.3, -0.25) is 0 Å². The second-order valence-electron chi connectivity index (χ2n) is 6.22. The molecule has 3 heteroatoms. The first kappa shape index (κ1) is 13.7. The molecule has 0 spiro atoms. The van der Waals surface area contributed by atoms with E-state index in [1.807, 2.05) is 6.07 Å². The van der Waals surface area contributed by atoms with Gasteiger partial charge < -0.3 is 14.8 Å². The molecule has 3 nitrogen and oxygen atoms in total. The van der Waals surface area contributed by atoms with Gasteiger partial charge in [0.05, 0.1) is 0 Å². The van der Waals surface area contributed by atoms with Gasteiger partial charge in [0.1, 0.15) is 0 Å². The fraction of sp³-hybridized carbons (Fsp3) is 0.647. The number of benzene rings is 1. The topological polar surface area (TPSA) is 30.5 Å². The molecule has 1 aromatic carbocycles. The third kappa shape index (κ3) is 2.93. The molecule has 0 aromatic heterocycles. The Morgan fingerprint density at radius 3 is 2.80 bits per heavy atom. The van der Waals surface area contributed by atoms with Crippen LogP contribution in [0.3, 0.4) is 0 Å². The molecule has 0 radical (unpaired) electrons. The summed E-state index contributed by atoms with van der Waals surface area (Å²) in [5.41, 5.74) is 1.28. The number of hydrogen-bond acceptors (Lipinski definition) is 3. The van der Waals surface area contributed by atoms with E-state index in [4.69, 9.17) is 9.47 Å². The van der Waals surface area contributed by atoms with Crippen LogP contribution in [-0.2, 0) is 0 Å². The van der Waals surface area contributed by atoms with Gasteiger partial charge in [-0.25, -0.2) is 0 Å². The highest BCUT2D eigenvalue weighted by molar-refractivity contribution is 5.45. The largest absolute Gasteiger partial charge is 0.454 e. The first-order valence-electron chi connectivity index (χ1n) is 7.89. The summed E-state index contributed by atoms with van der Waals surface area (Å²) >= 11 is 0. The summed E-state index contributed by atoms with van der Waals surface area (Å²) in [7, 11) is 0. The normalized spacial score (nSPS) is 27.1. The maximum Gasteiger partial charge on any atom is 0.231 e. The van der Waals surface area contributed by atoms with Crippen LogP contribution in [0, 0.1) is 5.92 Å². The van der Waals surface area contributed by atoms with Crippen LogP contribution in [0.25, 0.3) is 0 Å². The number of fused-ring (bicyclic) bond motifs is 1. The highest BCUT2D eigenvalue weighted by atomic mass is 16.7. The van der Waals surface area contributed by atoms with Crippen molar-refractivity contribution >= 4 is 0 Å². The van der Waals surface area contributed by atoms with Crippen molar-refractivity contribution in [3.05, 3.63) is 23.8 Å². The van der Waals surface area contributed by atoms with Gasteiger partial charge in [-0.05, 0) is 43.4 Å². The van der Waals surface area contributed by atoms with Gasteiger partial charge in [0, 0.05) is 12.1 Å². The summed E-state index contributed by atoms with van der Waals surface area (Å²) in [6.07, 6.45) is 6.79. The van der Waals surface area contributed by atoms with Crippen LogP contribution in [0.2, 0.25) is 0 Å². The van der Waals surface area contributed by atoms with Crippen molar-refractivity contribution in [1.29, 1.82) is 0 Å². The van der Waals surface area contributed by atoms with Crippen LogP contribution >= 0.6 is 0 Å². The zero-order chi connectivity index (χ0) is 13.9. The Bertz CT molecular complexity index is 460. The van der Waals surface area contributed by atoms with Gasteiger partial charge in [0.25, 0.3) is 0 Å². The highest BCUT2D eigenvalue weighted by Crippen LogP contribution is 2.34. The number of nitrogens with one attached hydrogen (secondary N) is 1. The third-order valence-corrected chi connectivity index (χ3v) is 4.72. The second-order valence-corrected chi connectivity index (χ2v) is 6.22. The molecule has 1 aliphatic heterocycles. The maximum atomic E-state index is 5.47. The number of hydrogen-bond donors (Lipinski definition) is 1. The van der Waals surface area contributed by atoms with Crippen molar-refractivity contribution in [3.63, 3.8) is 0 Å². The van der Waals surface area contributed by atoms with E-state index in [2.05, 4.69) is 31.3 Å². The lowest BCUT2D eigenvalue weighted by molar-refractivity contribution is 0.174. The fourth-order valence-corrected chi connectivity index (χ4v) is 3.34. The van der Waals surface area contributed by atoms with E-state index < -0.39 is 0 Å². The molecule has 0 bridgehead atoms. The van der Waals surface area contributed by atoms with Crippen molar-refractivity contribution in [2.45, 2.75) is 58.0 Å². The average molecular weight is 275 g/mol. The van der Waals surface area contributed by atoms with Crippen molar-refractivity contribution in [2.75, 3.05) is 6.79 Å². The lowest BCUT2D eigenvalue weighted by atomic mass is 9.95. The Hall–Kier alpha value is -1.22. The summed E-state index contributed by atoms with van der Waals surface area (Å²) in [6, 6.07) is 7.27. The van der Waals surface area contributed by atoms with E-state index in [1.165, 1.54) is 37.7 Å². The van der Waals surface area contributed by atoms with Crippen molar-refractivity contribution in [2.24, 2.45) is 5.92 Å². The van der Waals surface area contributed by atoms with Crippen LogP contribution in [0.4, 0.5) is 0 Å². The number of ether oxygens (including phenoxy) is 2. The van der Waals surface area contributed by atoms with E-state index in [1.54, 1.807) is 0 Å². The molecule has 0 amide bonds. The van der Waals surface area contributed by atoms with E-state index in [-0.39, 0.29) is 0 Å². The molecule has 3 rings (SSSR count). The smallest absolute Gasteiger partial charge is 0.231 e. The highest BCUT2D eigenvalue weighted by Gasteiger charge is 2.22. The van der Waals surface area contributed by atoms with Gasteiger partial charge in [-0.2, -0.15) is 0 Å². The first-order valence-corrected chi connectivity index (χ1v) is 7.89. The molecular weight excluding hydrogens is 250 g/mol. The molecule has 1 aromatic rings. The van der Waals surface area contributed by atoms with Crippen LogP contribution in [0.5, 0.6) is 11.5 Å². The van der Waals surface area contributed by atoms with Gasteiger partial charge in [-0.15, -0.1) is 0 Å². The minimum Gasteiger partial charge on any atom is -0.454 e. The Morgan fingerprint density at radius 2 is 1.90 bits per heavy atom. The minimum atomic E-state index is 0.347. The number of rotatable bonds is 3. The van der Waals surface area contributed by atoms with Crippen LogP contribution in [0.15, 0.2) is 18.2 Å². The van der Waals surface area contributed by atoms with Crippen molar-refractivity contribution in [1.82, 2.24) is 5.32 Å². The van der Waals surface area contributed by atoms with Crippen LogP contribution in [0.1, 0.15) is 57.6 Å². The Morgan fingerprint density at radius 1 is 1.10 bits per heavy atom. The van der Waals surface area contributed by atoms with E-state index >= 15 is 0 Å². The minimum absolute atomic E-state index is 0.347. The lowest BCUT2D eigenvalue weighted by Gasteiger charge is -2.27. The Kier molecular flexibility index (Phi) is 4.16. The van der Waals surface area contributed by atoms with E-state index in [9.17, 15) is 0 Å². The predicted molar refractivity (Wildman–Crippen MR) is 80.2 cm³/mol. The van der Waals surface area contributed by atoms with Gasteiger partial charge in [-0.1, -0.05) is 32.3 Å². The zero-order valence-electron chi connectivity index (χ0n) is 12.5. The van der Waals surface area contributed by atoms with Crippen LogP contribution in [-0.4, -0.2) is 12.8 Å². The van der Waals surface area contributed by atoms with Crippen molar-refractivity contribution < 1.29 is 9.47 Å². The van der Waals surface area contributed by atoms with Gasteiger partial charge >= 0.3 is 0 Å².